The molecule has 1 saturated heterocycles. The summed E-state index contributed by atoms with van der Waals surface area (Å²) in [6, 6.07) is 11.0. The molecule has 0 aliphatic carbocycles. The molecule has 1 aromatic carbocycles. The summed E-state index contributed by atoms with van der Waals surface area (Å²) in [6.07, 6.45) is 3.00. The van der Waals surface area contributed by atoms with Crippen LogP contribution in [0.25, 0.3) is 0 Å². The van der Waals surface area contributed by atoms with Crippen molar-refractivity contribution in [2.24, 2.45) is 0 Å². The molecule has 0 bridgehead atoms. The molecule has 1 unspecified atom stereocenters. The van der Waals surface area contributed by atoms with Gasteiger partial charge in [-0.1, -0.05) is 35.5 Å². The second-order valence-electron chi connectivity index (χ2n) is 6.48. The van der Waals surface area contributed by atoms with E-state index in [9.17, 15) is 0 Å². The summed E-state index contributed by atoms with van der Waals surface area (Å²) in [5.74, 6) is 2.05. The van der Waals surface area contributed by atoms with Gasteiger partial charge in [-0.05, 0) is 45.5 Å². The van der Waals surface area contributed by atoms with Gasteiger partial charge in [-0.2, -0.15) is 4.98 Å². The maximum absolute atomic E-state index is 5.50. The van der Waals surface area contributed by atoms with Crippen LogP contribution in [0.3, 0.4) is 0 Å². The number of halogens is 1. The molecule has 1 atom stereocenters. The van der Waals surface area contributed by atoms with Crippen molar-refractivity contribution in [3.8, 4) is 0 Å². The van der Waals surface area contributed by atoms with Gasteiger partial charge in [-0.3, -0.25) is 4.90 Å². The van der Waals surface area contributed by atoms with E-state index in [1.54, 1.807) is 0 Å². The minimum atomic E-state index is 0. The fourth-order valence-corrected chi connectivity index (χ4v) is 3.07. The Hall–Kier alpha value is -1.43. The molecule has 2 aromatic rings. The number of hydrogen-bond acceptors (Lipinski definition) is 5. The number of aromatic nitrogens is 2. The van der Waals surface area contributed by atoms with Crippen LogP contribution in [0, 0.1) is 0 Å². The highest BCUT2D eigenvalue weighted by molar-refractivity contribution is 5.85. The van der Waals surface area contributed by atoms with E-state index in [0.717, 1.165) is 50.6 Å². The number of piperidine rings is 1. The number of nitrogens with zero attached hydrogens (tertiary/aromatic N) is 3. The third kappa shape index (κ3) is 5.03. The Balaban J connectivity index is 0.00000208. The van der Waals surface area contributed by atoms with Gasteiger partial charge < -0.3 is 9.84 Å². The number of hydrogen-bond donors (Lipinski definition) is 1. The lowest BCUT2D eigenvalue weighted by atomic mass is 9.96. The Labute approximate surface area is 150 Å². The molecule has 0 radical (unpaired) electrons. The topological polar surface area (TPSA) is 54.2 Å². The van der Waals surface area contributed by atoms with Crippen LogP contribution in [-0.4, -0.2) is 41.2 Å². The van der Waals surface area contributed by atoms with Crippen molar-refractivity contribution >= 4 is 12.4 Å². The molecule has 0 saturated carbocycles. The van der Waals surface area contributed by atoms with E-state index >= 15 is 0 Å². The van der Waals surface area contributed by atoms with E-state index in [2.05, 4.69) is 57.6 Å². The van der Waals surface area contributed by atoms with Crippen molar-refractivity contribution < 1.29 is 4.52 Å². The molecule has 6 heteroatoms. The van der Waals surface area contributed by atoms with Crippen molar-refractivity contribution in [2.45, 2.75) is 44.7 Å². The van der Waals surface area contributed by atoms with Gasteiger partial charge in [0.15, 0.2) is 5.82 Å². The fourth-order valence-electron chi connectivity index (χ4n) is 3.07. The first kappa shape index (κ1) is 18.9. The molecule has 2 heterocycles. The number of benzene rings is 1. The zero-order chi connectivity index (χ0) is 16.1. The lowest BCUT2D eigenvalue weighted by Gasteiger charge is -2.30. The lowest BCUT2D eigenvalue weighted by molar-refractivity contribution is 0.187. The van der Waals surface area contributed by atoms with Gasteiger partial charge in [-0.15, -0.1) is 12.4 Å². The highest BCUT2D eigenvalue weighted by Crippen LogP contribution is 2.27. The average molecular weight is 351 g/mol. The van der Waals surface area contributed by atoms with Gasteiger partial charge >= 0.3 is 0 Å². The Bertz CT molecular complexity index is 596. The molecule has 132 valence electrons. The summed E-state index contributed by atoms with van der Waals surface area (Å²) in [5, 5.41) is 7.33. The van der Waals surface area contributed by atoms with Crippen LogP contribution in [0.15, 0.2) is 34.9 Å². The third-order valence-corrected chi connectivity index (χ3v) is 4.65. The first-order chi connectivity index (χ1) is 11.2. The van der Waals surface area contributed by atoms with Crippen LogP contribution < -0.4 is 5.32 Å². The molecule has 1 fully saturated rings. The van der Waals surface area contributed by atoms with Crippen molar-refractivity contribution in [1.82, 2.24) is 20.4 Å². The molecule has 3 rings (SSSR count). The van der Waals surface area contributed by atoms with Gasteiger partial charge in [-0.25, -0.2) is 0 Å². The van der Waals surface area contributed by atoms with E-state index in [1.165, 1.54) is 5.56 Å². The molecule has 1 N–H and O–H groups in total. The fraction of sp³-hybridized carbons (Fsp3) is 0.556. The standard InChI is InChI=1S/C18H26N4O.ClH/c1-14(19-2)12-17-20-18(23-21-17)16-8-10-22(11-9-16)13-15-6-4-3-5-7-15;/h3-7,14,16,19H,8-13H2,1-2H3;1H. The molecule has 1 aliphatic rings. The Kier molecular flexibility index (Phi) is 7.21. The molecule has 0 spiro atoms. The number of rotatable bonds is 6. The predicted octanol–water partition coefficient (Wildman–Crippen LogP) is 3.02. The first-order valence-corrected chi connectivity index (χ1v) is 8.50. The van der Waals surface area contributed by atoms with Crippen molar-refractivity contribution in [1.29, 1.82) is 0 Å². The van der Waals surface area contributed by atoms with E-state index < -0.39 is 0 Å². The van der Waals surface area contributed by atoms with Crippen molar-refractivity contribution in [3.05, 3.63) is 47.6 Å². The summed E-state index contributed by atoms with van der Waals surface area (Å²) in [5.41, 5.74) is 1.38. The molecule has 0 amide bonds. The van der Waals surface area contributed by atoms with Crippen molar-refractivity contribution in [2.75, 3.05) is 20.1 Å². The van der Waals surface area contributed by atoms with Crippen LogP contribution >= 0.6 is 12.4 Å². The van der Waals surface area contributed by atoms with Gasteiger partial charge in [0, 0.05) is 24.9 Å². The van der Waals surface area contributed by atoms with Gasteiger partial charge in [0.1, 0.15) is 0 Å². The van der Waals surface area contributed by atoms with Gasteiger partial charge in [0.25, 0.3) is 0 Å². The summed E-state index contributed by atoms with van der Waals surface area (Å²) < 4.78 is 5.50. The highest BCUT2D eigenvalue weighted by Gasteiger charge is 2.25. The SMILES string of the molecule is CNC(C)Cc1noc(C2CCN(Cc3ccccc3)CC2)n1.Cl. The van der Waals surface area contributed by atoms with Gasteiger partial charge in [0.05, 0.1) is 0 Å². The number of likely N-dealkylation sites (tertiary alicyclic amines) is 1. The van der Waals surface area contributed by atoms with Crippen LogP contribution in [0.2, 0.25) is 0 Å². The predicted molar refractivity (Wildman–Crippen MR) is 97.5 cm³/mol. The van der Waals surface area contributed by atoms with Crippen LogP contribution in [0.4, 0.5) is 0 Å². The molecule has 1 aliphatic heterocycles. The van der Waals surface area contributed by atoms with Gasteiger partial charge in [0.2, 0.25) is 5.89 Å². The van der Waals surface area contributed by atoms with Crippen molar-refractivity contribution in [3.63, 3.8) is 0 Å². The maximum atomic E-state index is 5.50. The summed E-state index contributed by atoms with van der Waals surface area (Å²) >= 11 is 0. The van der Waals surface area contributed by atoms with Crippen LogP contribution in [-0.2, 0) is 13.0 Å². The Morgan fingerprint density at radius 3 is 2.62 bits per heavy atom. The Morgan fingerprint density at radius 1 is 1.25 bits per heavy atom. The smallest absolute Gasteiger partial charge is 0.229 e. The molecule has 5 nitrogen and oxygen atoms in total. The van der Waals surface area contributed by atoms with E-state index in [-0.39, 0.29) is 12.4 Å². The maximum Gasteiger partial charge on any atom is 0.229 e. The Morgan fingerprint density at radius 2 is 1.96 bits per heavy atom. The zero-order valence-electron chi connectivity index (χ0n) is 14.4. The second-order valence-corrected chi connectivity index (χ2v) is 6.48. The summed E-state index contributed by atoms with van der Waals surface area (Å²) in [7, 11) is 1.95. The van der Waals surface area contributed by atoms with Crippen LogP contribution in [0.5, 0.6) is 0 Å². The quantitative estimate of drug-likeness (QED) is 0.867. The third-order valence-electron chi connectivity index (χ3n) is 4.65. The highest BCUT2D eigenvalue weighted by atomic mass is 35.5. The number of nitrogens with one attached hydrogen (secondary N) is 1. The molecular formula is C18H27ClN4O. The van der Waals surface area contributed by atoms with Crippen LogP contribution in [0.1, 0.15) is 43.0 Å². The largest absolute Gasteiger partial charge is 0.339 e. The molecule has 24 heavy (non-hydrogen) atoms. The minimum Gasteiger partial charge on any atom is -0.339 e. The number of likely N-dealkylation sites (N-methyl/N-ethyl adjacent to an activating group) is 1. The zero-order valence-corrected chi connectivity index (χ0v) is 15.3. The monoisotopic (exact) mass is 350 g/mol. The van der Waals surface area contributed by atoms with E-state index in [4.69, 9.17) is 4.52 Å². The summed E-state index contributed by atoms with van der Waals surface area (Å²) in [4.78, 5) is 7.10. The molecular weight excluding hydrogens is 324 g/mol. The second kappa shape index (κ2) is 9.16. The minimum absolute atomic E-state index is 0. The lowest BCUT2D eigenvalue weighted by Crippen LogP contribution is -2.32. The normalized spacial score (nSPS) is 17.4. The summed E-state index contributed by atoms with van der Waals surface area (Å²) in [6.45, 7) is 5.33. The average Bonchev–Trinajstić information content (AvgIpc) is 3.05. The molecule has 1 aromatic heterocycles. The van der Waals surface area contributed by atoms with E-state index in [1.807, 2.05) is 7.05 Å². The van der Waals surface area contributed by atoms with E-state index in [0.29, 0.717) is 12.0 Å². The first-order valence-electron chi connectivity index (χ1n) is 8.50.